The number of nitrogen functional groups attached to an aromatic ring is 1. The Hall–Kier alpha value is -5.57. The molecule has 0 unspecified atom stereocenters. The Morgan fingerprint density at radius 3 is 2.50 bits per heavy atom. The Morgan fingerprint density at radius 1 is 1.07 bits per heavy atom. The minimum Gasteiger partial charge on any atom is -0.504 e. The van der Waals surface area contributed by atoms with E-state index in [4.69, 9.17) is 20.6 Å². The van der Waals surface area contributed by atoms with Gasteiger partial charge in [0.2, 0.25) is 21.4 Å². The van der Waals surface area contributed by atoms with Gasteiger partial charge in [-0.15, -0.1) is 0 Å². The van der Waals surface area contributed by atoms with Gasteiger partial charge in [-0.05, 0) is 48.5 Å². The number of pyridine rings is 1. The molecule has 4 aromatic rings. The largest absolute Gasteiger partial charge is 0.504 e. The monoisotopic (exact) mass is 623 g/mol. The Bertz CT molecular complexity index is 1970. The van der Waals surface area contributed by atoms with E-state index in [1.165, 1.54) is 36.4 Å². The van der Waals surface area contributed by atoms with Crippen molar-refractivity contribution in [2.45, 2.75) is 9.79 Å². The zero-order valence-corrected chi connectivity index (χ0v) is 23.6. The van der Waals surface area contributed by atoms with Crippen LogP contribution in [0.1, 0.15) is 21.5 Å². The number of carbonyl (C=O) groups is 1. The van der Waals surface area contributed by atoms with Gasteiger partial charge < -0.3 is 30.3 Å². The summed E-state index contributed by atoms with van der Waals surface area (Å²) in [7, 11) is -2.70. The van der Waals surface area contributed by atoms with E-state index in [0.29, 0.717) is 19.3 Å². The number of aromatic hydroxyl groups is 1. The molecule has 3 aromatic carbocycles. The topological polar surface area (TPSA) is 188 Å². The highest BCUT2D eigenvalue weighted by molar-refractivity contribution is 7.91. The van der Waals surface area contributed by atoms with Gasteiger partial charge in [-0.25, -0.2) is 22.6 Å². The van der Waals surface area contributed by atoms with Crippen LogP contribution in [-0.4, -0.2) is 66.3 Å². The molecule has 0 amide bonds. The van der Waals surface area contributed by atoms with Crippen LogP contribution < -0.4 is 15.2 Å². The van der Waals surface area contributed by atoms with Crippen LogP contribution in [0.15, 0.2) is 81.6 Å². The maximum Gasteiger partial charge on any atom is 0.337 e. The summed E-state index contributed by atoms with van der Waals surface area (Å²) in [4.78, 5) is 20.6. The maximum atomic E-state index is 15.6. The normalized spacial score (nSPS) is 13.0. The number of nitrogens with two attached hydrogens (primary N) is 1. The molecule has 0 radical (unpaired) electrons. The molecule has 2 heterocycles. The zero-order valence-electron chi connectivity index (χ0n) is 22.8. The number of likely N-dealkylation sites (N-methyl/N-ethyl adjacent to an activating group) is 1. The Balaban J connectivity index is 1.58. The summed E-state index contributed by atoms with van der Waals surface area (Å²) >= 11 is 0. The number of rotatable bonds is 9. The van der Waals surface area contributed by atoms with Crippen molar-refractivity contribution in [2.75, 3.05) is 20.1 Å². The molecule has 0 fully saturated rings. The number of hydrogen-bond acceptors (Lipinski definition) is 10. The summed E-state index contributed by atoms with van der Waals surface area (Å²) in [6, 6.07) is 12.2. The molecule has 1 aromatic heterocycles. The van der Waals surface area contributed by atoms with Gasteiger partial charge in [0.05, 0.1) is 33.7 Å². The predicted octanol–water partition coefficient (Wildman–Crippen LogP) is 4.16. The van der Waals surface area contributed by atoms with Gasteiger partial charge in [0.1, 0.15) is 17.4 Å². The van der Waals surface area contributed by atoms with E-state index in [2.05, 4.69) is 9.98 Å². The molecule has 5 N–H and O–H groups in total. The van der Waals surface area contributed by atoms with Crippen molar-refractivity contribution in [3.8, 4) is 28.9 Å². The number of carboxylic acids is 1. The molecule has 12 nitrogen and oxygen atoms in total. The van der Waals surface area contributed by atoms with Crippen LogP contribution in [-0.2, 0) is 9.84 Å². The Morgan fingerprint density at radius 2 is 1.82 bits per heavy atom. The molecule has 15 heteroatoms. The SMILES string of the molecule is CN1CCN=C1c1cc(S(=O)(=O)c2ccccc2C(=O)O)ccc1Oc1c(F)cnc(Oc2cc(C(=N)N)ccc2O)c1F. The van der Waals surface area contributed by atoms with E-state index >= 15 is 4.39 Å². The van der Waals surface area contributed by atoms with Crippen molar-refractivity contribution in [3.05, 3.63) is 95.2 Å². The average molecular weight is 624 g/mol. The van der Waals surface area contributed by atoms with Gasteiger partial charge >= 0.3 is 5.97 Å². The second-order valence-corrected chi connectivity index (χ2v) is 11.4. The third-order valence-corrected chi connectivity index (χ3v) is 8.37. The predicted molar refractivity (Wildman–Crippen MR) is 153 cm³/mol. The van der Waals surface area contributed by atoms with E-state index < -0.39 is 55.3 Å². The highest BCUT2D eigenvalue weighted by Crippen LogP contribution is 2.39. The number of hydrogen-bond donors (Lipinski definition) is 4. The number of nitrogens with zero attached hydrogens (tertiary/aromatic N) is 3. The molecule has 5 rings (SSSR count). The number of amidine groups is 2. The van der Waals surface area contributed by atoms with Crippen molar-refractivity contribution in [3.63, 3.8) is 0 Å². The zero-order chi connectivity index (χ0) is 31.8. The van der Waals surface area contributed by atoms with E-state index in [-0.39, 0.29) is 39.2 Å². The van der Waals surface area contributed by atoms with Gasteiger partial charge in [0.25, 0.3) is 5.88 Å². The molecule has 0 saturated heterocycles. The fraction of sp³-hybridized carbons (Fsp3) is 0.103. The lowest BCUT2D eigenvalue weighted by Gasteiger charge is -2.19. The van der Waals surface area contributed by atoms with Crippen LogP contribution in [0, 0.1) is 17.0 Å². The molecular formula is C29H23F2N5O7S. The quantitative estimate of drug-likeness (QED) is 0.156. The van der Waals surface area contributed by atoms with E-state index in [1.807, 2.05) is 0 Å². The van der Waals surface area contributed by atoms with Crippen molar-refractivity contribution in [2.24, 2.45) is 10.7 Å². The van der Waals surface area contributed by atoms with E-state index in [1.54, 1.807) is 11.9 Å². The van der Waals surface area contributed by atoms with Gasteiger partial charge in [0, 0.05) is 19.2 Å². The summed E-state index contributed by atoms with van der Waals surface area (Å²) in [5.41, 5.74) is 5.25. The minimum atomic E-state index is -4.38. The van der Waals surface area contributed by atoms with Crippen molar-refractivity contribution < 1.29 is 41.7 Å². The molecule has 0 aliphatic carbocycles. The second kappa shape index (κ2) is 11.6. The number of aromatic nitrogens is 1. The van der Waals surface area contributed by atoms with Crippen molar-refractivity contribution in [1.29, 1.82) is 5.41 Å². The van der Waals surface area contributed by atoms with Gasteiger partial charge in [-0.3, -0.25) is 10.4 Å². The fourth-order valence-corrected chi connectivity index (χ4v) is 5.82. The van der Waals surface area contributed by atoms with E-state index in [0.717, 1.165) is 24.3 Å². The number of sulfone groups is 1. The summed E-state index contributed by atoms with van der Waals surface area (Å²) in [6.07, 6.45) is 0.625. The number of halogens is 2. The molecule has 44 heavy (non-hydrogen) atoms. The number of carboxylic acid groups (broad SMARTS) is 1. The first kappa shape index (κ1) is 29.9. The second-order valence-electron chi connectivity index (χ2n) is 9.44. The van der Waals surface area contributed by atoms with Crippen molar-refractivity contribution >= 4 is 27.5 Å². The molecule has 1 aliphatic heterocycles. The summed E-state index contributed by atoms with van der Waals surface area (Å²) in [5, 5.41) is 27.2. The standard InChI is InChI=1S/C29H23F2N5O7S/c1-36-11-10-34-27(36)18-13-16(44(40,41)23-5-3-2-4-17(23)29(38)39)7-9-21(18)42-25-19(30)14-35-28(24(25)31)43-22-12-15(26(32)33)6-8-20(22)37/h2-9,12-14,37H,10-11H2,1H3,(H3,32,33)(H,38,39). The highest BCUT2D eigenvalue weighted by atomic mass is 32.2. The fourth-order valence-electron chi connectivity index (χ4n) is 4.34. The molecule has 0 bridgehead atoms. The number of nitrogens with one attached hydrogen (secondary N) is 1. The number of aliphatic imine (C=N–C) groups is 1. The lowest BCUT2D eigenvalue weighted by Crippen LogP contribution is -2.24. The van der Waals surface area contributed by atoms with Crippen LogP contribution in [0.25, 0.3) is 0 Å². The van der Waals surface area contributed by atoms with Crippen molar-refractivity contribution in [1.82, 2.24) is 9.88 Å². The number of ether oxygens (including phenoxy) is 2. The molecule has 1 aliphatic rings. The first-order chi connectivity index (χ1) is 20.9. The first-order valence-electron chi connectivity index (χ1n) is 12.7. The molecule has 0 spiro atoms. The minimum absolute atomic E-state index is 0.0590. The number of phenolic OH excluding ortho intramolecular Hbond substituents is 1. The Labute approximate surface area is 249 Å². The number of aromatic carboxylic acids is 1. The smallest absolute Gasteiger partial charge is 0.337 e. The van der Waals surface area contributed by atoms with E-state index in [9.17, 15) is 27.8 Å². The highest BCUT2D eigenvalue weighted by Gasteiger charge is 2.29. The van der Waals surface area contributed by atoms with Crippen LogP contribution in [0.3, 0.4) is 0 Å². The van der Waals surface area contributed by atoms with Gasteiger partial charge in [-0.1, -0.05) is 12.1 Å². The molecule has 0 atom stereocenters. The molecular weight excluding hydrogens is 600 g/mol. The van der Waals surface area contributed by atoms with Crippen LogP contribution in [0.5, 0.6) is 28.9 Å². The summed E-state index contributed by atoms with van der Waals surface area (Å²) in [6.45, 7) is 0.815. The van der Waals surface area contributed by atoms with Crippen LogP contribution in [0.2, 0.25) is 0 Å². The van der Waals surface area contributed by atoms with Crippen LogP contribution in [0.4, 0.5) is 8.78 Å². The third kappa shape index (κ3) is 5.59. The first-order valence-corrected chi connectivity index (χ1v) is 14.2. The number of benzene rings is 3. The Kier molecular flexibility index (Phi) is 7.89. The number of phenols is 1. The van der Waals surface area contributed by atoms with Gasteiger partial charge in [-0.2, -0.15) is 4.39 Å². The van der Waals surface area contributed by atoms with Gasteiger partial charge in [0.15, 0.2) is 17.3 Å². The molecule has 0 saturated carbocycles. The third-order valence-electron chi connectivity index (χ3n) is 6.56. The summed E-state index contributed by atoms with van der Waals surface area (Å²) in [5.74, 6) is -6.81. The lowest BCUT2D eigenvalue weighted by molar-refractivity contribution is 0.0692. The lowest BCUT2D eigenvalue weighted by atomic mass is 10.1. The van der Waals surface area contributed by atoms with Crippen LogP contribution >= 0.6 is 0 Å². The molecule has 226 valence electrons. The average Bonchev–Trinajstić information content (AvgIpc) is 3.42. The summed E-state index contributed by atoms with van der Waals surface area (Å²) < 4.78 is 68.7. The maximum absolute atomic E-state index is 15.6.